The summed E-state index contributed by atoms with van der Waals surface area (Å²) in [6.07, 6.45) is 3.60. The molecule has 0 saturated carbocycles. The molecule has 2 aliphatic rings. The summed E-state index contributed by atoms with van der Waals surface area (Å²) in [4.78, 5) is 28.8. The Morgan fingerprint density at radius 3 is 2.31 bits per heavy atom. The number of hydrogen-bond donors (Lipinski definition) is 0. The van der Waals surface area contributed by atoms with Crippen molar-refractivity contribution in [3.63, 3.8) is 0 Å². The van der Waals surface area contributed by atoms with Crippen molar-refractivity contribution in [1.29, 1.82) is 0 Å². The number of carbonyl (C=O) groups excluding carboxylic acids is 1. The van der Waals surface area contributed by atoms with Crippen LogP contribution in [-0.4, -0.2) is 28.5 Å². The van der Waals surface area contributed by atoms with E-state index in [0.29, 0.717) is 23.0 Å². The zero-order valence-electron chi connectivity index (χ0n) is 14.6. The van der Waals surface area contributed by atoms with Gasteiger partial charge in [-0.3, -0.25) is 19.1 Å². The second-order valence-corrected chi connectivity index (χ2v) is 7.20. The zero-order chi connectivity index (χ0) is 17.7. The first kappa shape index (κ1) is 15.5. The molecule has 2 aromatic carbocycles. The van der Waals surface area contributed by atoms with Crippen LogP contribution in [0.4, 0.5) is 0 Å². The van der Waals surface area contributed by atoms with Gasteiger partial charge in [0.25, 0.3) is 5.91 Å². The number of fused-ring (bicyclic) bond motifs is 5. The molecule has 1 fully saturated rings. The number of carbonyl (C=O) groups is 1. The SMILES string of the molecule is O=C1c2ccccc2-c2c(CN3CCCCC3)c(=O)c3ccccc3n21. The standard InChI is InChI=1S/C22H20N2O2/c25-21-17-10-4-5-11-19(17)24-20(15-8-2-3-9-16(15)22(24)26)18(21)14-23-12-6-1-7-13-23/h2-5,8-11H,1,6-7,12-14H2. The minimum Gasteiger partial charge on any atom is -0.299 e. The molecule has 0 atom stereocenters. The molecule has 0 N–H and O–H groups in total. The van der Waals surface area contributed by atoms with E-state index in [9.17, 15) is 9.59 Å². The summed E-state index contributed by atoms with van der Waals surface area (Å²) in [6, 6.07) is 15.1. The van der Waals surface area contributed by atoms with E-state index in [1.54, 1.807) is 4.57 Å². The first-order chi connectivity index (χ1) is 12.8. The quantitative estimate of drug-likeness (QED) is 0.557. The molecular weight excluding hydrogens is 324 g/mol. The van der Waals surface area contributed by atoms with Crippen LogP contribution in [0.5, 0.6) is 0 Å². The van der Waals surface area contributed by atoms with Crippen LogP contribution in [-0.2, 0) is 6.54 Å². The molecule has 1 saturated heterocycles. The van der Waals surface area contributed by atoms with Gasteiger partial charge in [0, 0.05) is 28.6 Å². The number of para-hydroxylation sites is 1. The summed E-state index contributed by atoms with van der Waals surface area (Å²) in [7, 11) is 0. The number of hydrogen-bond acceptors (Lipinski definition) is 3. The highest BCUT2D eigenvalue weighted by Gasteiger charge is 2.31. The van der Waals surface area contributed by atoms with Gasteiger partial charge in [-0.1, -0.05) is 36.8 Å². The van der Waals surface area contributed by atoms with E-state index in [1.807, 2.05) is 48.5 Å². The van der Waals surface area contributed by atoms with Gasteiger partial charge in [-0.25, -0.2) is 0 Å². The maximum atomic E-state index is 13.3. The van der Waals surface area contributed by atoms with E-state index in [4.69, 9.17) is 0 Å². The van der Waals surface area contributed by atoms with Gasteiger partial charge in [-0.2, -0.15) is 0 Å². The third-order valence-electron chi connectivity index (χ3n) is 5.62. The van der Waals surface area contributed by atoms with Gasteiger partial charge in [0.15, 0.2) is 5.43 Å². The maximum absolute atomic E-state index is 13.3. The third-order valence-corrected chi connectivity index (χ3v) is 5.62. The Labute approximate surface area is 151 Å². The van der Waals surface area contributed by atoms with Gasteiger partial charge < -0.3 is 0 Å². The van der Waals surface area contributed by atoms with Crippen LogP contribution in [0.1, 0.15) is 35.2 Å². The topological polar surface area (TPSA) is 42.3 Å². The van der Waals surface area contributed by atoms with E-state index in [2.05, 4.69) is 4.90 Å². The fraction of sp³-hybridized carbons (Fsp3) is 0.273. The van der Waals surface area contributed by atoms with Gasteiger partial charge >= 0.3 is 0 Å². The van der Waals surface area contributed by atoms with Crippen LogP contribution in [0, 0.1) is 0 Å². The number of rotatable bonds is 2. The molecule has 130 valence electrons. The van der Waals surface area contributed by atoms with Crippen molar-refractivity contribution in [2.45, 2.75) is 25.8 Å². The first-order valence-corrected chi connectivity index (χ1v) is 9.29. The van der Waals surface area contributed by atoms with Crippen molar-refractivity contribution in [3.05, 3.63) is 69.9 Å². The third kappa shape index (κ3) is 2.19. The molecule has 0 unspecified atom stereocenters. The summed E-state index contributed by atoms with van der Waals surface area (Å²) < 4.78 is 1.75. The van der Waals surface area contributed by atoms with E-state index < -0.39 is 0 Å². The molecule has 3 heterocycles. The Kier molecular flexibility index (Phi) is 3.54. The summed E-state index contributed by atoms with van der Waals surface area (Å²) in [5.74, 6) is -0.0355. The Bertz CT molecular complexity index is 1090. The van der Waals surface area contributed by atoms with Gasteiger partial charge in [0.2, 0.25) is 0 Å². The molecule has 0 amide bonds. The average Bonchev–Trinajstić information content (AvgIpc) is 2.99. The number of nitrogens with zero attached hydrogens (tertiary/aromatic N) is 2. The molecule has 0 spiro atoms. The Balaban J connectivity index is 1.81. The molecule has 26 heavy (non-hydrogen) atoms. The van der Waals surface area contributed by atoms with Crippen molar-refractivity contribution in [2.24, 2.45) is 0 Å². The van der Waals surface area contributed by atoms with Crippen molar-refractivity contribution < 1.29 is 4.79 Å². The predicted molar refractivity (Wildman–Crippen MR) is 103 cm³/mol. The minimum absolute atomic E-state index is 0.0355. The molecule has 0 radical (unpaired) electrons. The fourth-order valence-corrected chi connectivity index (χ4v) is 4.36. The molecule has 0 aliphatic carbocycles. The van der Waals surface area contributed by atoms with Crippen LogP contribution in [0.25, 0.3) is 22.2 Å². The highest BCUT2D eigenvalue weighted by Crippen LogP contribution is 2.36. The Hall–Kier alpha value is -2.72. The lowest BCUT2D eigenvalue weighted by Gasteiger charge is -2.27. The van der Waals surface area contributed by atoms with E-state index in [1.165, 1.54) is 19.3 Å². The van der Waals surface area contributed by atoms with Crippen LogP contribution in [0.2, 0.25) is 0 Å². The van der Waals surface area contributed by atoms with E-state index in [-0.39, 0.29) is 11.3 Å². The predicted octanol–water partition coefficient (Wildman–Crippen LogP) is 3.66. The normalized spacial score (nSPS) is 16.7. The first-order valence-electron chi connectivity index (χ1n) is 9.29. The van der Waals surface area contributed by atoms with Gasteiger partial charge in [0.05, 0.1) is 11.2 Å². The molecule has 3 aromatic rings. The monoisotopic (exact) mass is 344 g/mol. The molecule has 4 heteroatoms. The lowest BCUT2D eigenvalue weighted by Crippen LogP contribution is -2.32. The van der Waals surface area contributed by atoms with Crippen molar-refractivity contribution in [2.75, 3.05) is 13.1 Å². The molecule has 2 aliphatic heterocycles. The van der Waals surface area contributed by atoms with Crippen LogP contribution in [0.15, 0.2) is 53.3 Å². The van der Waals surface area contributed by atoms with E-state index >= 15 is 0 Å². The number of likely N-dealkylation sites (tertiary alicyclic amines) is 1. The largest absolute Gasteiger partial charge is 0.299 e. The summed E-state index contributed by atoms with van der Waals surface area (Å²) in [5, 5.41) is 0.629. The molecule has 1 aromatic heterocycles. The summed E-state index contributed by atoms with van der Waals surface area (Å²) in [6.45, 7) is 2.64. The van der Waals surface area contributed by atoms with Gasteiger partial charge in [-0.05, 0) is 44.1 Å². The van der Waals surface area contributed by atoms with Crippen molar-refractivity contribution in [3.8, 4) is 11.3 Å². The number of pyridine rings is 1. The molecule has 0 bridgehead atoms. The fourth-order valence-electron chi connectivity index (χ4n) is 4.36. The van der Waals surface area contributed by atoms with Crippen molar-refractivity contribution in [1.82, 2.24) is 9.47 Å². The second-order valence-electron chi connectivity index (χ2n) is 7.20. The van der Waals surface area contributed by atoms with Gasteiger partial charge in [-0.15, -0.1) is 0 Å². The molecule has 4 nitrogen and oxygen atoms in total. The minimum atomic E-state index is -0.0355. The smallest absolute Gasteiger partial charge is 0.263 e. The average molecular weight is 344 g/mol. The zero-order valence-corrected chi connectivity index (χ0v) is 14.6. The highest BCUT2D eigenvalue weighted by molar-refractivity contribution is 6.13. The van der Waals surface area contributed by atoms with Gasteiger partial charge in [0.1, 0.15) is 0 Å². The Morgan fingerprint density at radius 1 is 0.808 bits per heavy atom. The van der Waals surface area contributed by atoms with Crippen molar-refractivity contribution >= 4 is 16.8 Å². The summed E-state index contributed by atoms with van der Waals surface area (Å²) >= 11 is 0. The summed E-state index contributed by atoms with van der Waals surface area (Å²) in [5.41, 5.74) is 3.87. The van der Waals surface area contributed by atoms with Crippen LogP contribution in [0.3, 0.4) is 0 Å². The Morgan fingerprint density at radius 2 is 1.50 bits per heavy atom. The number of piperidine rings is 1. The van der Waals surface area contributed by atoms with Crippen LogP contribution < -0.4 is 5.43 Å². The maximum Gasteiger partial charge on any atom is 0.263 e. The highest BCUT2D eigenvalue weighted by atomic mass is 16.2. The lowest BCUT2D eigenvalue weighted by atomic mass is 10.0. The lowest BCUT2D eigenvalue weighted by molar-refractivity contribution is 0.0973. The molecular formula is C22H20N2O2. The van der Waals surface area contributed by atoms with Crippen LogP contribution >= 0.6 is 0 Å². The second kappa shape index (κ2) is 5.92. The number of benzene rings is 2. The number of aromatic nitrogens is 1. The van der Waals surface area contributed by atoms with E-state index in [0.717, 1.165) is 29.9 Å². The molecule has 5 rings (SSSR count).